The number of carbonyl (C=O) groups excluding carboxylic acids is 1. The molecule has 4 rings (SSSR count). The number of aromatic hydroxyl groups is 1. The molecule has 136 valence electrons. The Balaban J connectivity index is 1.61. The van der Waals surface area contributed by atoms with E-state index in [-0.39, 0.29) is 11.3 Å². The summed E-state index contributed by atoms with van der Waals surface area (Å²) in [5.41, 5.74) is 4.73. The molecule has 5 nitrogen and oxygen atoms in total. The second-order valence-corrected chi connectivity index (χ2v) is 7.23. The normalized spacial score (nSPS) is 17.4. The molecule has 1 heterocycles. The quantitative estimate of drug-likeness (QED) is 0.780. The van der Waals surface area contributed by atoms with Gasteiger partial charge < -0.3 is 9.84 Å². The Labute approximate surface area is 153 Å². The average molecular weight is 352 g/mol. The fourth-order valence-corrected chi connectivity index (χ4v) is 3.70. The van der Waals surface area contributed by atoms with Crippen molar-refractivity contribution in [3.63, 3.8) is 0 Å². The van der Waals surface area contributed by atoms with Crippen LogP contribution in [0.4, 0.5) is 0 Å². The fourth-order valence-electron chi connectivity index (χ4n) is 3.70. The Morgan fingerprint density at radius 1 is 1.27 bits per heavy atom. The number of nitrogens with zero attached hydrogens (tertiary/aromatic N) is 2. The molecule has 2 aliphatic rings. The van der Waals surface area contributed by atoms with Crippen molar-refractivity contribution in [2.24, 2.45) is 0 Å². The van der Waals surface area contributed by atoms with E-state index >= 15 is 0 Å². The number of hydrogen-bond donors (Lipinski definition) is 1. The van der Waals surface area contributed by atoms with Gasteiger partial charge >= 0.3 is 0 Å². The molecule has 1 fully saturated rings. The fraction of sp³-hybridized carbons (Fsp3) is 0.429. The first-order valence-electron chi connectivity index (χ1n) is 9.34. The van der Waals surface area contributed by atoms with Gasteiger partial charge in [-0.05, 0) is 74.3 Å². The highest BCUT2D eigenvalue weighted by atomic mass is 16.5. The second kappa shape index (κ2) is 6.98. The van der Waals surface area contributed by atoms with E-state index in [1.165, 1.54) is 36.1 Å². The van der Waals surface area contributed by atoms with Gasteiger partial charge in [-0.3, -0.25) is 9.48 Å². The number of ether oxygens (including phenoxy) is 1. The van der Waals surface area contributed by atoms with Crippen molar-refractivity contribution in [3.05, 3.63) is 46.8 Å². The Morgan fingerprint density at radius 2 is 2.08 bits per heavy atom. The zero-order valence-corrected chi connectivity index (χ0v) is 15.1. The van der Waals surface area contributed by atoms with Crippen LogP contribution in [0.1, 0.15) is 66.2 Å². The van der Waals surface area contributed by atoms with Gasteiger partial charge in [-0.2, -0.15) is 5.10 Å². The van der Waals surface area contributed by atoms with Crippen molar-refractivity contribution in [1.82, 2.24) is 9.78 Å². The van der Waals surface area contributed by atoms with Gasteiger partial charge in [0.1, 0.15) is 18.1 Å². The third kappa shape index (κ3) is 3.14. The summed E-state index contributed by atoms with van der Waals surface area (Å²) in [6.45, 7) is 2.21. The predicted molar refractivity (Wildman–Crippen MR) is 99.6 cm³/mol. The molecule has 1 aromatic heterocycles. The van der Waals surface area contributed by atoms with Crippen LogP contribution in [0.5, 0.6) is 11.5 Å². The summed E-state index contributed by atoms with van der Waals surface area (Å²) in [7, 11) is 0. The molecular formula is C21H24N2O3. The molecular weight excluding hydrogens is 328 g/mol. The third-order valence-electron chi connectivity index (χ3n) is 5.35. The zero-order chi connectivity index (χ0) is 18.1. The Kier molecular flexibility index (Phi) is 4.53. The van der Waals surface area contributed by atoms with E-state index in [1.54, 1.807) is 19.1 Å². The summed E-state index contributed by atoms with van der Waals surface area (Å²) >= 11 is 0. The standard InChI is InChI=1S/C21H24N2O3/c1-14-6-9-20(18(12-24)21(14)25)26-13-15-4-2-3-5-17(15)19-10-11-22-23(19)16-7-8-16/h6,9-12,16,25H,2-5,7-8,13H2,1H3. The largest absolute Gasteiger partial charge is 0.507 e. The minimum Gasteiger partial charge on any atom is -0.507 e. The molecule has 0 atom stereocenters. The van der Waals surface area contributed by atoms with E-state index < -0.39 is 0 Å². The number of benzene rings is 1. The molecule has 5 heteroatoms. The molecule has 1 saturated carbocycles. The first kappa shape index (κ1) is 16.9. The number of hydrogen-bond acceptors (Lipinski definition) is 4. The van der Waals surface area contributed by atoms with Crippen molar-refractivity contribution in [1.29, 1.82) is 0 Å². The van der Waals surface area contributed by atoms with Crippen molar-refractivity contribution in [2.75, 3.05) is 6.61 Å². The smallest absolute Gasteiger partial charge is 0.157 e. The van der Waals surface area contributed by atoms with Gasteiger partial charge in [-0.15, -0.1) is 0 Å². The van der Waals surface area contributed by atoms with Gasteiger partial charge in [-0.25, -0.2) is 0 Å². The van der Waals surface area contributed by atoms with E-state index in [9.17, 15) is 9.90 Å². The van der Waals surface area contributed by atoms with Gasteiger partial charge in [-0.1, -0.05) is 6.07 Å². The lowest BCUT2D eigenvalue weighted by molar-refractivity contribution is 0.111. The number of aldehydes is 1. The van der Waals surface area contributed by atoms with E-state index in [1.807, 2.05) is 6.20 Å². The van der Waals surface area contributed by atoms with Gasteiger partial charge in [0.05, 0.1) is 17.3 Å². The Hall–Kier alpha value is -2.56. The van der Waals surface area contributed by atoms with Crippen LogP contribution < -0.4 is 4.74 Å². The maximum Gasteiger partial charge on any atom is 0.157 e. The summed E-state index contributed by atoms with van der Waals surface area (Å²) in [5, 5.41) is 14.6. The molecule has 0 saturated heterocycles. The Morgan fingerprint density at radius 3 is 2.85 bits per heavy atom. The van der Waals surface area contributed by atoms with Crippen LogP contribution in [0.25, 0.3) is 5.57 Å². The maximum absolute atomic E-state index is 11.4. The number of carbonyl (C=O) groups is 1. The lowest BCUT2D eigenvalue weighted by Crippen LogP contribution is -2.12. The maximum atomic E-state index is 11.4. The van der Waals surface area contributed by atoms with Crippen LogP contribution in [0.3, 0.4) is 0 Å². The predicted octanol–water partition coefficient (Wildman–Crippen LogP) is 4.45. The van der Waals surface area contributed by atoms with Crippen LogP contribution in [-0.2, 0) is 0 Å². The lowest BCUT2D eigenvalue weighted by atomic mass is 9.90. The highest BCUT2D eigenvalue weighted by Gasteiger charge is 2.28. The highest BCUT2D eigenvalue weighted by molar-refractivity contribution is 5.84. The summed E-state index contributed by atoms with van der Waals surface area (Å²) in [6, 6.07) is 6.19. The molecule has 1 aromatic carbocycles. The molecule has 26 heavy (non-hydrogen) atoms. The van der Waals surface area contributed by atoms with Crippen LogP contribution in [-0.4, -0.2) is 27.8 Å². The van der Waals surface area contributed by atoms with E-state index in [0.717, 1.165) is 19.3 Å². The van der Waals surface area contributed by atoms with Crippen molar-refractivity contribution in [3.8, 4) is 11.5 Å². The molecule has 0 bridgehead atoms. The second-order valence-electron chi connectivity index (χ2n) is 7.23. The average Bonchev–Trinajstić information content (AvgIpc) is 3.39. The summed E-state index contributed by atoms with van der Waals surface area (Å²) in [6.07, 6.45) is 9.33. The summed E-state index contributed by atoms with van der Waals surface area (Å²) in [5.74, 6) is 0.443. The minimum atomic E-state index is 0.00200. The number of allylic oxidation sites excluding steroid dienone is 1. The van der Waals surface area contributed by atoms with Gasteiger partial charge in [0, 0.05) is 6.20 Å². The van der Waals surface area contributed by atoms with Crippen molar-refractivity contribution in [2.45, 2.75) is 51.5 Å². The topological polar surface area (TPSA) is 64.4 Å². The first-order valence-corrected chi connectivity index (χ1v) is 9.34. The van der Waals surface area contributed by atoms with E-state index in [0.29, 0.717) is 30.2 Å². The highest BCUT2D eigenvalue weighted by Crippen LogP contribution is 2.40. The molecule has 0 amide bonds. The summed E-state index contributed by atoms with van der Waals surface area (Å²) < 4.78 is 8.13. The van der Waals surface area contributed by atoms with Crippen LogP contribution >= 0.6 is 0 Å². The number of rotatable bonds is 6. The summed E-state index contributed by atoms with van der Waals surface area (Å²) in [4.78, 5) is 11.4. The van der Waals surface area contributed by atoms with E-state index in [2.05, 4.69) is 15.8 Å². The van der Waals surface area contributed by atoms with Crippen molar-refractivity contribution < 1.29 is 14.6 Å². The number of aryl methyl sites for hydroxylation is 1. The molecule has 0 spiro atoms. The van der Waals surface area contributed by atoms with Gasteiger partial charge in [0.25, 0.3) is 0 Å². The van der Waals surface area contributed by atoms with Crippen LogP contribution in [0, 0.1) is 6.92 Å². The molecule has 2 aliphatic carbocycles. The number of aromatic nitrogens is 2. The molecule has 2 aromatic rings. The third-order valence-corrected chi connectivity index (χ3v) is 5.35. The first-order chi connectivity index (χ1) is 12.7. The monoisotopic (exact) mass is 352 g/mol. The molecule has 0 unspecified atom stereocenters. The van der Waals surface area contributed by atoms with Gasteiger partial charge in [0.2, 0.25) is 0 Å². The molecule has 0 radical (unpaired) electrons. The lowest BCUT2D eigenvalue weighted by Gasteiger charge is -2.22. The van der Waals surface area contributed by atoms with Crippen LogP contribution in [0.15, 0.2) is 30.0 Å². The van der Waals surface area contributed by atoms with Crippen molar-refractivity contribution >= 4 is 11.9 Å². The number of phenols is 1. The molecule has 1 N–H and O–H groups in total. The minimum absolute atomic E-state index is 0.00200. The Bertz CT molecular complexity index is 862. The zero-order valence-electron chi connectivity index (χ0n) is 15.1. The van der Waals surface area contributed by atoms with Gasteiger partial charge in [0.15, 0.2) is 6.29 Å². The molecule has 0 aliphatic heterocycles. The number of phenolic OH excluding ortho intramolecular Hbond substituents is 1. The van der Waals surface area contributed by atoms with E-state index in [4.69, 9.17) is 4.74 Å². The SMILES string of the molecule is Cc1ccc(OCC2=C(c3ccnn3C3CC3)CCCC2)c(C=O)c1O. The van der Waals surface area contributed by atoms with Crippen LogP contribution in [0.2, 0.25) is 0 Å².